The molecule has 0 aliphatic carbocycles. The molecule has 5 nitrogen and oxygen atoms in total. The summed E-state index contributed by atoms with van der Waals surface area (Å²) >= 11 is 0. The first-order chi connectivity index (χ1) is 7.76. The number of carbonyl (C=O) groups is 1. The summed E-state index contributed by atoms with van der Waals surface area (Å²) in [5.41, 5.74) is 10.8. The molecule has 0 aliphatic rings. The van der Waals surface area contributed by atoms with Gasteiger partial charge in [0.1, 0.15) is 6.04 Å². The van der Waals surface area contributed by atoms with Gasteiger partial charge < -0.3 is 21.5 Å². The van der Waals surface area contributed by atoms with Crippen molar-refractivity contribution in [3.05, 3.63) is 0 Å². The number of nitrogens with one attached hydrogen (secondary N) is 1. The lowest BCUT2D eigenvalue weighted by atomic mass is 10.1. The molecule has 0 radical (unpaired) electrons. The number of hydrogen-bond acceptors (Lipinski definition) is 5. The summed E-state index contributed by atoms with van der Waals surface area (Å²) in [7, 11) is 1.42. The average molecular weight is 231 g/mol. The molecule has 0 aromatic heterocycles. The molecule has 0 aromatic carbocycles. The van der Waals surface area contributed by atoms with Crippen molar-refractivity contribution in [2.24, 2.45) is 11.5 Å². The molecule has 0 spiro atoms. The van der Waals surface area contributed by atoms with E-state index in [1.807, 2.05) is 0 Å². The maximum absolute atomic E-state index is 11.4. The Labute approximate surface area is 97.9 Å². The largest absolute Gasteiger partial charge is 0.468 e. The second-order valence-corrected chi connectivity index (χ2v) is 3.81. The summed E-state index contributed by atoms with van der Waals surface area (Å²) < 4.78 is 4.74. The Morgan fingerprint density at radius 2 is 1.81 bits per heavy atom. The topological polar surface area (TPSA) is 90.4 Å². The molecule has 0 aromatic rings. The molecule has 0 bridgehead atoms. The molecule has 0 rings (SSSR count). The zero-order chi connectivity index (χ0) is 12.2. The van der Waals surface area contributed by atoms with Gasteiger partial charge in [-0.3, -0.25) is 4.79 Å². The summed E-state index contributed by atoms with van der Waals surface area (Å²) in [5.74, 6) is -0.190. The number of carbonyl (C=O) groups excluding carboxylic acids is 1. The van der Waals surface area contributed by atoms with Gasteiger partial charge in [0.05, 0.1) is 7.11 Å². The molecule has 16 heavy (non-hydrogen) atoms. The minimum Gasteiger partial charge on any atom is -0.468 e. The van der Waals surface area contributed by atoms with Crippen molar-refractivity contribution in [2.45, 2.75) is 38.1 Å². The van der Waals surface area contributed by atoms with Gasteiger partial charge in [-0.05, 0) is 45.3 Å². The minimum absolute atomic E-state index is 0.190. The third-order valence-electron chi connectivity index (χ3n) is 2.45. The summed E-state index contributed by atoms with van der Waals surface area (Å²) in [6, 6.07) is -0.200. The van der Waals surface area contributed by atoms with Crippen molar-refractivity contribution in [3.8, 4) is 0 Å². The first-order valence-corrected chi connectivity index (χ1v) is 5.97. The van der Waals surface area contributed by atoms with E-state index in [-0.39, 0.29) is 12.0 Å². The van der Waals surface area contributed by atoms with E-state index in [4.69, 9.17) is 16.2 Å². The van der Waals surface area contributed by atoms with Crippen molar-refractivity contribution in [1.29, 1.82) is 0 Å². The van der Waals surface area contributed by atoms with E-state index in [0.717, 1.165) is 38.6 Å². The number of methoxy groups -OCH3 is 1. The van der Waals surface area contributed by atoms with Crippen LogP contribution in [-0.4, -0.2) is 38.8 Å². The van der Waals surface area contributed by atoms with Crippen molar-refractivity contribution in [3.63, 3.8) is 0 Å². The van der Waals surface area contributed by atoms with Crippen molar-refractivity contribution in [1.82, 2.24) is 5.32 Å². The van der Waals surface area contributed by atoms with Crippen LogP contribution >= 0.6 is 0 Å². The third-order valence-corrected chi connectivity index (χ3v) is 2.45. The van der Waals surface area contributed by atoms with Crippen molar-refractivity contribution < 1.29 is 9.53 Å². The Morgan fingerprint density at radius 3 is 2.38 bits per heavy atom. The van der Waals surface area contributed by atoms with Gasteiger partial charge in [-0.2, -0.15) is 0 Å². The molecule has 0 heterocycles. The van der Waals surface area contributed by atoms with E-state index in [1.165, 1.54) is 7.11 Å². The molecule has 0 amide bonds. The highest BCUT2D eigenvalue weighted by molar-refractivity contribution is 5.75. The third kappa shape index (κ3) is 7.62. The maximum Gasteiger partial charge on any atom is 0.322 e. The highest BCUT2D eigenvalue weighted by Gasteiger charge is 2.17. The van der Waals surface area contributed by atoms with E-state index in [1.54, 1.807) is 0 Å². The molecule has 5 N–H and O–H groups in total. The predicted octanol–water partition coefficient (Wildman–Crippen LogP) is -0.0145. The Balaban J connectivity index is 3.77. The van der Waals surface area contributed by atoms with Gasteiger partial charge in [0.15, 0.2) is 0 Å². The number of esters is 1. The van der Waals surface area contributed by atoms with Gasteiger partial charge in [-0.25, -0.2) is 0 Å². The second kappa shape index (κ2) is 10.9. The maximum atomic E-state index is 11.4. The van der Waals surface area contributed by atoms with Crippen LogP contribution in [0, 0.1) is 0 Å². The van der Waals surface area contributed by atoms with Crippen LogP contribution in [0.3, 0.4) is 0 Å². The zero-order valence-electron chi connectivity index (χ0n) is 10.2. The number of ether oxygens (including phenoxy) is 1. The normalized spacial score (nSPS) is 12.4. The second-order valence-electron chi connectivity index (χ2n) is 3.81. The SMILES string of the molecule is COC(=O)[C@H](CCCCN)NCCCCN. The highest BCUT2D eigenvalue weighted by Crippen LogP contribution is 2.02. The van der Waals surface area contributed by atoms with Gasteiger partial charge in [-0.15, -0.1) is 0 Å². The fraction of sp³-hybridized carbons (Fsp3) is 0.909. The van der Waals surface area contributed by atoms with Crippen LogP contribution < -0.4 is 16.8 Å². The molecule has 0 fully saturated rings. The van der Waals surface area contributed by atoms with E-state index in [9.17, 15) is 4.79 Å². The predicted molar refractivity (Wildman–Crippen MR) is 65.0 cm³/mol. The first-order valence-electron chi connectivity index (χ1n) is 5.97. The number of hydrogen-bond donors (Lipinski definition) is 3. The van der Waals surface area contributed by atoms with Gasteiger partial charge in [0.25, 0.3) is 0 Å². The smallest absolute Gasteiger partial charge is 0.322 e. The molecule has 5 heteroatoms. The zero-order valence-corrected chi connectivity index (χ0v) is 10.2. The van der Waals surface area contributed by atoms with E-state index in [2.05, 4.69) is 5.32 Å². The number of nitrogens with two attached hydrogens (primary N) is 2. The van der Waals surface area contributed by atoms with Gasteiger partial charge in [0, 0.05) is 0 Å². The fourth-order valence-electron chi connectivity index (χ4n) is 1.48. The number of rotatable bonds is 10. The molecule has 0 unspecified atom stereocenters. The highest BCUT2D eigenvalue weighted by atomic mass is 16.5. The van der Waals surface area contributed by atoms with E-state index in [0.29, 0.717) is 13.1 Å². The minimum atomic E-state index is -0.200. The molecule has 96 valence electrons. The van der Waals surface area contributed by atoms with Gasteiger partial charge in [0.2, 0.25) is 0 Å². The monoisotopic (exact) mass is 231 g/mol. The summed E-state index contributed by atoms with van der Waals surface area (Å²) in [6.45, 7) is 2.17. The first kappa shape index (κ1) is 15.3. The number of unbranched alkanes of at least 4 members (excludes halogenated alkanes) is 2. The Hall–Kier alpha value is -0.650. The lowest BCUT2D eigenvalue weighted by Gasteiger charge is -2.16. The average Bonchev–Trinajstić information content (AvgIpc) is 2.31. The lowest BCUT2D eigenvalue weighted by molar-refractivity contribution is -0.143. The van der Waals surface area contributed by atoms with Crippen LogP contribution in [0.5, 0.6) is 0 Å². The summed E-state index contributed by atoms with van der Waals surface area (Å²) in [5, 5.41) is 3.19. The van der Waals surface area contributed by atoms with E-state index >= 15 is 0 Å². The van der Waals surface area contributed by atoms with E-state index < -0.39 is 0 Å². The van der Waals surface area contributed by atoms with Crippen LogP contribution in [0.1, 0.15) is 32.1 Å². The molecule has 1 atom stereocenters. The standard InChI is InChI=1S/C11H25N3O2/c1-16-11(15)10(6-2-3-7-12)14-9-5-4-8-13/h10,14H,2-9,12-13H2,1H3/t10-/m0/s1. The van der Waals surface area contributed by atoms with Gasteiger partial charge in [-0.1, -0.05) is 6.42 Å². The van der Waals surface area contributed by atoms with Crippen molar-refractivity contribution >= 4 is 5.97 Å². The molecule has 0 saturated carbocycles. The molecule has 0 saturated heterocycles. The fourth-order valence-corrected chi connectivity index (χ4v) is 1.48. The van der Waals surface area contributed by atoms with Gasteiger partial charge >= 0.3 is 5.97 Å². The Kier molecular flexibility index (Phi) is 10.4. The lowest BCUT2D eigenvalue weighted by Crippen LogP contribution is -2.38. The molecular formula is C11H25N3O2. The molecule has 0 aliphatic heterocycles. The Bertz CT molecular complexity index is 177. The quantitative estimate of drug-likeness (QED) is 0.363. The van der Waals surface area contributed by atoms with Crippen molar-refractivity contribution in [2.75, 3.05) is 26.7 Å². The van der Waals surface area contributed by atoms with Crippen LogP contribution in [0.15, 0.2) is 0 Å². The summed E-state index contributed by atoms with van der Waals surface area (Å²) in [4.78, 5) is 11.4. The molecular weight excluding hydrogens is 206 g/mol. The van der Waals surface area contributed by atoms with Crippen LogP contribution in [0.4, 0.5) is 0 Å². The summed E-state index contributed by atoms with van der Waals surface area (Å²) in [6.07, 6.45) is 4.63. The van der Waals surface area contributed by atoms with Crippen LogP contribution in [-0.2, 0) is 9.53 Å². The van der Waals surface area contributed by atoms with Crippen LogP contribution in [0.2, 0.25) is 0 Å². The van der Waals surface area contributed by atoms with Crippen LogP contribution in [0.25, 0.3) is 0 Å². The Morgan fingerprint density at radius 1 is 1.19 bits per heavy atom.